The number of rotatable bonds is 3. The minimum atomic E-state index is 0.440. The van der Waals surface area contributed by atoms with E-state index in [1.165, 1.54) is 220 Å². The van der Waals surface area contributed by atoms with E-state index >= 15 is 0 Å². The van der Waals surface area contributed by atoms with Gasteiger partial charge in [-0.2, -0.15) is 22.0 Å². The fourth-order valence-corrected chi connectivity index (χ4v) is 20.5. The van der Waals surface area contributed by atoms with Crippen LogP contribution in [0.25, 0.3) is 192 Å². The molecule has 0 bridgehead atoms. The summed E-state index contributed by atoms with van der Waals surface area (Å²) in [6.45, 7) is 28.7. The second kappa shape index (κ2) is 30.1. The van der Waals surface area contributed by atoms with Gasteiger partial charge in [0.2, 0.25) is 0 Å². The Labute approximate surface area is 729 Å². The van der Waals surface area contributed by atoms with E-state index in [1.807, 2.05) is 31.0 Å². The van der Waals surface area contributed by atoms with Crippen molar-refractivity contribution in [3.8, 4) is 0 Å². The summed E-state index contributed by atoms with van der Waals surface area (Å²) in [7, 11) is 10.8. The van der Waals surface area contributed by atoms with Crippen molar-refractivity contribution in [2.45, 2.75) is 108 Å². The Morgan fingerprint density at radius 3 is 1.12 bits per heavy atom. The molecule has 616 valence electrons. The Kier molecular flexibility index (Phi) is 18.8. The van der Waals surface area contributed by atoms with E-state index in [1.54, 1.807) is 0 Å². The molecule has 0 saturated carbocycles. The van der Waals surface area contributed by atoms with Crippen molar-refractivity contribution >= 4 is 192 Å². The number of nitrogens with zero attached hydrogens (tertiary/aromatic N) is 15. The molecule has 15 heteroatoms. The molecule has 0 fully saturated rings. The van der Waals surface area contributed by atoms with Crippen molar-refractivity contribution in [2.24, 2.45) is 35.2 Å². The summed E-state index contributed by atoms with van der Waals surface area (Å²) in [5, 5.41) is 12.2. The van der Waals surface area contributed by atoms with Gasteiger partial charge in [0.15, 0.2) is 55.2 Å². The van der Waals surface area contributed by atoms with Crippen molar-refractivity contribution in [3.05, 3.63) is 329 Å². The largest absolute Gasteiger partial charge is 0.297 e. The maximum absolute atomic E-state index is 4.81. The molecule has 0 saturated heterocycles. The van der Waals surface area contributed by atoms with E-state index in [0.29, 0.717) is 17.8 Å². The SMILES string of the molecule is Cc1ccc2c(c1)n(C)c1c3c(C)ccnc3c3ccccc3[n+]21.Cc1ccc2c(c1)n1c3ccccc3c3nccc(C)c3c1[n+]2C.Cc1ccnc2c3cc(C(C)C)ccc3n3c4ccccc4[n+](C)c3c12.Cc1ccnc2c3ccc(C(C)C)cc3n3c4ccccc4[n+](C)c3c12.Cc1ccnc2c3cccc(C(C)C)c3n3c4ccccc4[n+](C)c3c12. The zero-order chi connectivity index (χ0) is 86.8. The first-order chi connectivity index (χ1) is 61.1. The molecule has 25 rings (SSSR count). The molecule has 0 radical (unpaired) electrons. The quantitative estimate of drug-likeness (QED) is 0.129. The molecule has 15 aromatic heterocycles. The summed E-state index contributed by atoms with van der Waals surface area (Å²) >= 11 is 0. The molecular formula is C111H102N15+5. The maximum Gasteiger partial charge on any atom is 0.297 e. The molecule has 0 atom stereocenters. The lowest BCUT2D eigenvalue weighted by Gasteiger charge is -2.11. The van der Waals surface area contributed by atoms with E-state index < -0.39 is 0 Å². The van der Waals surface area contributed by atoms with Crippen molar-refractivity contribution in [3.63, 3.8) is 0 Å². The highest BCUT2D eigenvalue weighted by molar-refractivity contribution is 6.17. The monoisotopic (exact) mass is 1640 g/mol. The molecule has 10 aromatic carbocycles. The van der Waals surface area contributed by atoms with Gasteiger partial charge in [0.05, 0.1) is 89.8 Å². The third-order valence-electron chi connectivity index (χ3n) is 26.8. The molecular weight excluding hydrogens is 1540 g/mol. The molecule has 0 aliphatic carbocycles. The lowest BCUT2D eigenvalue weighted by molar-refractivity contribution is -0.617. The van der Waals surface area contributed by atoms with Crippen LogP contribution in [-0.4, -0.2) is 47.1 Å². The summed E-state index contributed by atoms with van der Waals surface area (Å²) in [5.41, 5.74) is 42.9. The fraction of sp³-hybridized carbons (Fsp3) is 0.189. The van der Waals surface area contributed by atoms with E-state index in [-0.39, 0.29) is 0 Å². The maximum atomic E-state index is 4.81. The van der Waals surface area contributed by atoms with Crippen LogP contribution in [0.1, 0.15) is 115 Å². The third kappa shape index (κ3) is 11.9. The van der Waals surface area contributed by atoms with Gasteiger partial charge >= 0.3 is 0 Å². The number of imidazole rings is 5. The molecule has 15 nitrogen and oxygen atoms in total. The smallest absolute Gasteiger partial charge is 0.255 e. The van der Waals surface area contributed by atoms with E-state index in [9.17, 15) is 0 Å². The first kappa shape index (κ1) is 78.5. The molecule has 0 amide bonds. The van der Waals surface area contributed by atoms with Gasteiger partial charge in [-0.15, -0.1) is 0 Å². The van der Waals surface area contributed by atoms with Gasteiger partial charge in [0, 0.05) is 63.5 Å². The van der Waals surface area contributed by atoms with E-state index in [0.717, 1.165) is 27.6 Å². The van der Waals surface area contributed by atoms with E-state index in [4.69, 9.17) is 24.9 Å². The van der Waals surface area contributed by atoms with Gasteiger partial charge in [-0.05, 0) is 262 Å². The average Bonchev–Trinajstić information content (AvgIpc) is 1.55. The van der Waals surface area contributed by atoms with Gasteiger partial charge in [0.25, 0.3) is 28.2 Å². The third-order valence-corrected chi connectivity index (χ3v) is 26.8. The molecule has 0 aliphatic rings. The number of aromatic nitrogens is 15. The Hall–Kier alpha value is -14.7. The second-order valence-electron chi connectivity index (χ2n) is 35.6. The minimum absolute atomic E-state index is 0.440. The normalized spacial score (nSPS) is 12.1. The van der Waals surface area contributed by atoms with Crippen LogP contribution in [-0.2, 0) is 35.2 Å². The Morgan fingerprint density at radius 2 is 0.611 bits per heavy atom. The zero-order valence-electron chi connectivity index (χ0n) is 74.9. The van der Waals surface area contributed by atoms with Crippen LogP contribution < -0.4 is 22.7 Å². The van der Waals surface area contributed by atoms with Crippen molar-refractivity contribution in [1.29, 1.82) is 0 Å². The summed E-state index contributed by atoms with van der Waals surface area (Å²) in [4.78, 5) is 23.8. The first-order valence-electron chi connectivity index (χ1n) is 44.0. The Morgan fingerprint density at radius 1 is 0.254 bits per heavy atom. The van der Waals surface area contributed by atoms with Gasteiger partial charge in [0.1, 0.15) is 27.6 Å². The van der Waals surface area contributed by atoms with Gasteiger partial charge < -0.3 is 0 Å². The van der Waals surface area contributed by atoms with Gasteiger partial charge in [-0.25, -0.2) is 22.8 Å². The number of fused-ring (bicyclic) bond motifs is 40. The van der Waals surface area contributed by atoms with Crippen molar-refractivity contribution in [1.82, 2.24) is 47.1 Å². The van der Waals surface area contributed by atoms with Crippen LogP contribution >= 0.6 is 0 Å². The number of hydrogen-bond acceptors (Lipinski definition) is 5. The molecule has 0 aliphatic heterocycles. The number of aryl methyl sites for hydroxylation is 12. The predicted molar refractivity (Wildman–Crippen MR) is 520 cm³/mol. The van der Waals surface area contributed by atoms with Crippen LogP contribution in [0, 0.1) is 48.5 Å². The summed E-state index contributed by atoms with van der Waals surface area (Å²) in [6, 6.07) is 87.1. The van der Waals surface area contributed by atoms with Gasteiger partial charge in [-0.1, -0.05) is 139 Å². The molecule has 0 unspecified atom stereocenters. The van der Waals surface area contributed by atoms with Crippen LogP contribution in [0.2, 0.25) is 0 Å². The summed E-state index contributed by atoms with van der Waals surface area (Å²) in [6.07, 6.45) is 9.60. The average molecular weight is 1650 g/mol. The fourth-order valence-electron chi connectivity index (χ4n) is 20.5. The highest BCUT2D eigenvalue weighted by atomic mass is 15.2. The molecule has 126 heavy (non-hydrogen) atoms. The Balaban J connectivity index is 0.0000000962. The highest BCUT2D eigenvalue weighted by Gasteiger charge is 2.32. The molecule has 25 aromatic rings. The summed E-state index contributed by atoms with van der Waals surface area (Å²) < 4.78 is 23.5. The van der Waals surface area contributed by atoms with Crippen molar-refractivity contribution in [2.75, 3.05) is 0 Å². The number of hydrogen-bond donors (Lipinski definition) is 0. The topological polar surface area (TPSA) is 107 Å². The lowest BCUT2D eigenvalue weighted by atomic mass is 9.97. The molecule has 15 heterocycles. The first-order valence-corrected chi connectivity index (χ1v) is 44.0. The second-order valence-corrected chi connectivity index (χ2v) is 35.6. The van der Waals surface area contributed by atoms with E-state index in [2.05, 4.69) is 413 Å². The van der Waals surface area contributed by atoms with Crippen LogP contribution in [0.3, 0.4) is 0 Å². The minimum Gasteiger partial charge on any atom is -0.255 e. The molecule has 0 spiro atoms. The van der Waals surface area contributed by atoms with Crippen LogP contribution in [0.15, 0.2) is 274 Å². The van der Waals surface area contributed by atoms with Crippen molar-refractivity contribution < 1.29 is 22.7 Å². The summed E-state index contributed by atoms with van der Waals surface area (Å²) in [5.74, 6) is 1.43. The number of benzene rings is 10. The molecule has 0 N–H and O–H groups in total. The standard InChI is InChI=1S/3C23H22N3.2C21H18N3/c1-14(2)16-8-7-9-17-21-20(15(3)12-13-24-21)23-25(4)18-10-5-6-11-19(18)26(23)22(16)17;1-14(2)16-9-10-18-17(13-16)22-21(15(3)11-12-24-22)23-25(4)19-7-5-6-8-20(19)26(18)23;1-14(2)16-9-10-17-20(13-16)26-19-8-6-5-7-18(19)25(4)23(26)21-15(3)11-12-24-22(17)21;1-13-8-9-17-18(12-13)23(3)21-19-14(2)10-11-22-20(19)15-6-4-5-7-16(15)24(17)21;1-13-8-9-17-18(12-13)24-16-7-5-4-6-15(16)20-19(21(24)23(17)3)14(2)10-11-22-20/h3*5-14H,1-4H3;2*4-12H,1-3H3/q5*+1. The zero-order valence-corrected chi connectivity index (χ0v) is 74.9. The number of para-hydroxylation sites is 9. The number of pyridine rings is 10. The van der Waals surface area contributed by atoms with Crippen LogP contribution in [0.4, 0.5) is 0 Å². The lowest BCUT2D eigenvalue weighted by Crippen LogP contribution is -2.27. The van der Waals surface area contributed by atoms with Crippen LogP contribution in [0.5, 0.6) is 0 Å². The highest BCUT2D eigenvalue weighted by Crippen LogP contribution is 2.41. The Bertz CT molecular complexity index is 8840. The predicted octanol–water partition coefficient (Wildman–Crippen LogP) is 23.6. The van der Waals surface area contributed by atoms with Gasteiger partial charge in [-0.3, -0.25) is 24.9 Å².